The van der Waals surface area contributed by atoms with E-state index in [-0.39, 0.29) is 0 Å². The molecule has 0 aliphatic carbocycles. The summed E-state index contributed by atoms with van der Waals surface area (Å²) in [5.41, 5.74) is 0.545. The highest BCUT2D eigenvalue weighted by Gasteiger charge is 2.27. The summed E-state index contributed by atoms with van der Waals surface area (Å²) in [6.07, 6.45) is 1.12. The van der Waals surface area contributed by atoms with E-state index < -0.39 is 11.4 Å². The van der Waals surface area contributed by atoms with E-state index in [0.29, 0.717) is 11.8 Å². The van der Waals surface area contributed by atoms with Crippen molar-refractivity contribution in [2.75, 3.05) is 12.3 Å². The summed E-state index contributed by atoms with van der Waals surface area (Å²) in [5, 5.41) is 12.6. The Balaban J connectivity index is 2.66. The van der Waals surface area contributed by atoms with Gasteiger partial charge in [-0.3, -0.25) is 4.79 Å². The van der Waals surface area contributed by atoms with Crippen molar-refractivity contribution in [3.63, 3.8) is 0 Å². The second kappa shape index (κ2) is 7.70. The quantitative estimate of drug-likeness (QED) is 0.713. The molecule has 1 atom stereocenters. The molecule has 2 N–H and O–H groups in total. The van der Waals surface area contributed by atoms with E-state index >= 15 is 0 Å². The van der Waals surface area contributed by atoms with Crippen LogP contribution in [0.4, 0.5) is 0 Å². The fourth-order valence-corrected chi connectivity index (χ4v) is 2.72. The maximum atomic E-state index is 11.1. The van der Waals surface area contributed by atoms with E-state index in [0.717, 1.165) is 17.9 Å². The minimum Gasteiger partial charge on any atom is -0.481 e. The highest BCUT2D eigenvalue weighted by atomic mass is 32.2. The summed E-state index contributed by atoms with van der Waals surface area (Å²) < 4.78 is 0. The number of rotatable bonds is 8. The molecule has 4 heteroatoms. The maximum absolute atomic E-state index is 11.1. The van der Waals surface area contributed by atoms with Gasteiger partial charge in [-0.25, -0.2) is 0 Å². The Morgan fingerprint density at radius 2 is 2.15 bits per heavy atom. The van der Waals surface area contributed by atoms with Gasteiger partial charge in [-0.05, 0) is 51.4 Å². The molecule has 1 rings (SSSR count). The Morgan fingerprint density at radius 1 is 1.45 bits per heavy atom. The number of carboxylic acids is 1. The van der Waals surface area contributed by atoms with Crippen LogP contribution in [0, 0.1) is 5.41 Å². The van der Waals surface area contributed by atoms with Gasteiger partial charge in [-0.2, -0.15) is 0 Å². The lowest BCUT2D eigenvalue weighted by atomic mass is 9.97. The summed E-state index contributed by atoms with van der Waals surface area (Å²) in [5.74, 6) is -0.179. The molecular formula is C16H25NO2S. The fraction of sp³-hybridized carbons (Fsp3) is 0.562. The van der Waals surface area contributed by atoms with Crippen LogP contribution in [0.3, 0.4) is 0 Å². The summed E-state index contributed by atoms with van der Waals surface area (Å²) in [7, 11) is 0. The molecule has 1 unspecified atom stereocenters. The molecule has 0 aliphatic rings. The van der Waals surface area contributed by atoms with E-state index in [1.807, 2.05) is 12.1 Å². The number of carboxylic acid groups (broad SMARTS) is 1. The van der Waals surface area contributed by atoms with Gasteiger partial charge >= 0.3 is 5.97 Å². The Labute approximate surface area is 126 Å². The van der Waals surface area contributed by atoms with Gasteiger partial charge < -0.3 is 10.4 Å². The average molecular weight is 295 g/mol. The zero-order valence-corrected chi connectivity index (χ0v) is 13.6. The molecule has 112 valence electrons. The van der Waals surface area contributed by atoms with Crippen molar-refractivity contribution < 1.29 is 9.90 Å². The second-order valence-corrected chi connectivity index (χ2v) is 6.77. The highest BCUT2D eigenvalue weighted by molar-refractivity contribution is 7.99. The van der Waals surface area contributed by atoms with Gasteiger partial charge in [0.1, 0.15) is 0 Å². The topological polar surface area (TPSA) is 49.3 Å². The minimum atomic E-state index is -0.751. The van der Waals surface area contributed by atoms with Crippen LogP contribution in [0.15, 0.2) is 29.2 Å². The van der Waals surface area contributed by atoms with Gasteiger partial charge in [0.05, 0.1) is 5.41 Å². The van der Waals surface area contributed by atoms with E-state index in [1.165, 1.54) is 5.56 Å². The largest absolute Gasteiger partial charge is 0.481 e. The standard InChI is InChI=1S/C16H25NO2S/c1-5-9-17-12(2)13-7-6-8-14(10-13)20-11-16(3,4)15(18)19/h6-8,10,12,17H,5,9,11H2,1-4H3,(H,18,19). The van der Waals surface area contributed by atoms with Gasteiger partial charge in [-0.1, -0.05) is 19.1 Å². The molecule has 3 nitrogen and oxygen atoms in total. The van der Waals surface area contributed by atoms with Crippen LogP contribution in [0.25, 0.3) is 0 Å². The molecule has 0 spiro atoms. The van der Waals surface area contributed by atoms with Crippen LogP contribution in [0.5, 0.6) is 0 Å². The monoisotopic (exact) mass is 295 g/mol. The first-order chi connectivity index (χ1) is 9.36. The molecular weight excluding hydrogens is 270 g/mol. The predicted molar refractivity (Wildman–Crippen MR) is 85.3 cm³/mol. The van der Waals surface area contributed by atoms with Crippen LogP contribution in [-0.2, 0) is 4.79 Å². The van der Waals surface area contributed by atoms with Crippen LogP contribution >= 0.6 is 11.8 Å². The molecule has 1 aromatic carbocycles. The molecule has 0 saturated carbocycles. The summed E-state index contributed by atoms with van der Waals surface area (Å²) >= 11 is 1.60. The Morgan fingerprint density at radius 3 is 2.75 bits per heavy atom. The minimum absolute atomic E-state index is 0.322. The van der Waals surface area contributed by atoms with Crippen LogP contribution in [-0.4, -0.2) is 23.4 Å². The molecule has 0 aliphatic heterocycles. The normalized spacial score (nSPS) is 13.2. The first-order valence-electron chi connectivity index (χ1n) is 7.06. The highest BCUT2D eigenvalue weighted by Crippen LogP contribution is 2.29. The van der Waals surface area contributed by atoms with Crippen molar-refractivity contribution in [1.82, 2.24) is 5.32 Å². The number of benzene rings is 1. The number of hydrogen-bond donors (Lipinski definition) is 2. The van der Waals surface area contributed by atoms with E-state index in [9.17, 15) is 4.79 Å². The lowest BCUT2D eigenvalue weighted by Crippen LogP contribution is -2.26. The molecule has 0 heterocycles. The smallest absolute Gasteiger partial charge is 0.309 e. The predicted octanol–water partition coefficient (Wildman–Crippen LogP) is 3.95. The zero-order chi connectivity index (χ0) is 15.2. The molecule has 0 bridgehead atoms. The van der Waals surface area contributed by atoms with Gasteiger partial charge in [-0.15, -0.1) is 11.8 Å². The average Bonchev–Trinajstić information content (AvgIpc) is 2.42. The number of hydrogen-bond acceptors (Lipinski definition) is 3. The first-order valence-corrected chi connectivity index (χ1v) is 8.05. The second-order valence-electron chi connectivity index (χ2n) is 5.73. The van der Waals surface area contributed by atoms with E-state index in [4.69, 9.17) is 5.11 Å². The van der Waals surface area contributed by atoms with Gasteiger partial charge in [0.2, 0.25) is 0 Å². The molecule has 0 radical (unpaired) electrons. The lowest BCUT2D eigenvalue weighted by Gasteiger charge is -2.19. The van der Waals surface area contributed by atoms with Crippen molar-refractivity contribution in [2.24, 2.45) is 5.41 Å². The van der Waals surface area contributed by atoms with Crippen LogP contribution in [0.2, 0.25) is 0 Å². The molecule has 0 aromatic heterocycles. The molecule has 0 saturated heterocycles. The number of nitrogens with one attached hydrogen (secondary N) is 1. The Bertz CT molecular complexity index is 446. The van der Waals surface area contributed by atoms with Gasteiger partial charge in [0.15, 0.2) is 0 Å². The maximum Gasteiger partial charge on any atom is 0.309 e. The van der Waals surface area contributed by atoms with E-state index in [2.05, 4.69) is 31.3 Å². The Hall–Kier alpha value is -1.00. The SMILES string of the molecule is CCCNC(C)c1cccc(SCC(C)(C)C(=O)O)c1. The molecule has 0 fully saturated rings. The van der Waals surface area contributed by atoms with Crippen LogP contribution < -0.4 is 5.32 Å². The summed E-state index contributed by atoms with van der Waals surface area (Å²) in [6, 6.07) is 8.66. The lowest BCUT2D eigenvalue weighted by molar-refractivity contribution is -0.145. The Kier molecular flexibility index (Phi) is 6.56. The first kappa shape index (κ1) is 17.1. The summed E-state index contributed by atoms with van der Waals surface area (Å²) in [4.78, 5) is 12.2. The van der Waals surface area contributed by atoms with Crippen LogP contribution in [0.1, 0.15) is 45.7 Å². The third-order valence-corrected chi connectivity index (χ3v) is 4.69. The van der Waals surface area contributed by atoms with Crippen molar-refractivity contribution >= 4 is 17.7 Å². The van der Waals surface area contributed by atoms with Crippen molar-refractivity contribution in [3.8, 4) is 0 Å². The fourth-order valence-electron chi connectivity index (χ4n) is 1.68. The zero-order valence-electron chi connectivity index (χ0n) is 12.8. The molecule has 1 aromatic rings. The number of carbonyl (C=O) groups is 1. The van der Waals surface area contributed by atoms with E-state index in [1.54, 1.807) is 25.6 Å². The molecule has 20 heavy (non-hydrogen) atoms. The van der Waals surface area contributed by atoms with Crippen molar-refractivity contribution in [3.05, 3.63) is 29.8 Å². The van der Waals surface area contributed by atoms with Gasteiger partial charge in [0.25, 0.3) is 0 Å². The third kappa shape index (κ3) is 5.17. The van der Waals surface area contributed by atoms with Crippen molar-refractivity contribution in [2.45, 2.75) is 45.1 Å². The number of aliphatic carboxylic acids is 1. The number of thioether (sulfide) groups is 1. The van der Waals surface area contributed by atoms with Crippen molar-refractivity contribution in [1.29, 1.82) is 0 Å². The molecule has 0 amide bonds. The summed E-state index contributed by atoms with van der Waals surface area (Å²) in [6.45, 7) is 8.83. The third-order valence-electron chi connectivity index (χ3n) is 3.24. The van der Waals surface area contributed by atoms with Gasteiger partial charge in [0, 0.05) is 16.7 Å².